The molecule has 1 aliphatic heterocycles. The molecule has 8 heteroatoms. The maximum absolute atomic E-state index is 14.4. The van der Waals surface area contributed by atoms with Gasteiger partial charge < -0.3 is 10.2 Å². The van der Waals surface area contributed by atoms with Crippen LogP contribution in [0.2, 0.25) is 0 Å². The molecular weight excluding hydrogens is 343 g/mol. The first-order valence-corrected chi connectivity index (χ1v) is 9.02. The number of fused-ring (bicyclic) bond motifs is 1. The molecule has 1 fully saturated rings. The minimum atomic E-state index is -0.341. The van der Waals surface area contributed by atoms with Crippen molar-refractivity contribution in [2.75, 3.05) is 34.8 Å². The summed E-state index contributed by atoms with van der Waals surface area (Å²) in [6.07, 6.45) is 0. The molecule has 0 spiro atoms. The van der Waals surface area contributed by atoms with Crippen LogP contribution < -0.4 is 10.2 Å². The van der Waals surface area contributed by atoms with Gasteiger partial charge in [0.15, 0.2) is 0 Å². The first kappa shape index (κ1) is 15.9. The van der Waals surface area contributed by atoms with Crippen LogP contribution in [0, 0.1) is 5.82 Å². The molecule has 4 rings (SSSR count). The van der Waals surface area contributed by atoms with Crippen molar-refractivity contribution in [1.82, 2.24) is 10.3 Å². The van der Waals surface area contributed by atoms with Gasteiger partial charge in [0.1, 0.15) is 16.9 Å². The van der Waals surface area contributed by atoms with Gasteiger partial charge in [-0.1, -0.05) is 0 Å². The van der Waals surface area contributed by atoms with Crippen molar-refractivity contribution in [2.45, 2.75) is 0 Å². The molecule has 0 bridgehead atoms. The zero-order valence-electron chi connectivity index (χ0n) is 13.2. The Morgan fingerprint density at radius 2 is 1.92 bits per heavy atom. The minimum Gasteiger partial charge on any atom is -0.368 e. The number of aromatic nitrogens is 2. The van der Waals surface area contributed by atoms with Crippen molar-refractivity contribution < 1.29 is 13.8 Å². The monoisotopic (exact) mass is 358 g/mol. The molecule has 1 aliphatic rings. The number of carbonyl (C=O) groups is 1. The first-order valence-electron chi connectivity index (χ1n) is 7.86. The number of benzene rings is 2. The Balaban J connectivity index is 1.51. The highest BCUT2D eigenvalue weighted by molar-refractivity contribution is 7.99. The molecule has 3 aromatic rings. The molecule has 2 aromatic carbocycles. The Bertz CT molecular complexity index is 924. The topological polar surface area (TPSA) is 71.3 Å². The molecule has 0 radical (unpaired) electrons. The van der Waals surface area contributed by atoms with E-state index >= 15 is 0 Å². The van der Waals surface area contributed by atoms with E-state index in [0.717, 1.165) is 24.6 Å². The van der Waals surface area contributed by atoms with Crippen molar-refractivity contribution in [2.24, 2.45) is 0 Å². The van der Waals surface area contributed by atoms with Crippen LogP contribution in [-0.2, 0) is 0 Å². The number of hydrogen-bond donors (Lipinski definition) is 1. The maximum Gasteiger partial charge on any atom is 0.255 e. The zero-order chi connectivity index (χ0) is 17.2. The van der Waals surface area contributed by atoms with Crippen LogP contribution in [0.1, 0.15) is 10.4 Å². The van der Waals surface area contributed by atoms with Crippen molar-refractivity contribution in [3.63, 3.8) is 0 Å². The van der Waals surface area contributed by atoms with E-state index in [4.69, 9.17) is 0 Å². The third-order valence-electron chi connectivity index (χ3n) is 4.07. The Labute approximate surface area is 147 Å². The van der Waals surface area contributed by atoms with Crippen LogP contribution >= 0.6 is 11.8 Å². The zero-order valence-corrected chi connectivity index (χ0v) is 14.1. The number of carbonyl (C=O) groups excluding carboxylic acids is 1. The molecule has 0 unspecified atom stereocenters. The van der Waals surface area contributed by atoms with Gasteiger partial charge >= 0.3 is 0 Å². The van der Waals surface area contributed by atoms with E-state index < -0.39 is 0 Å². The van der Waals surface area contributed by atoms with Crippen molar-refractivity contribution in [1.29, 1.82) is 0 Å². The molecule has 0 aliphatic carbocycles. The van der Waals surface area contributed by atoms with Crippen LogP contribution in [0.4, 0.5) is 15.8 Å². The Morgan fingerprint density at radius 3 is 2.72 bits per heavy atom. The second kappa shape index (κ2) is 6.72. The molecule has 1 amide bonds. The van der Waals surface area contributed by atoms with E-state index in [9.17, 15) is 9.18 Å². The molecule has 0 atom stereocenters. The Hall–Kier alpha value is -2.61. The lowest BCUT2D eigenvalue weighted by Crippen LogP contribution is -2.33. The highest BCUT2D eigenvalue weighted by atomic mass is 32.2. The van der Waals surface area contributed by atoms with Crippen molar-refractivity contribution >= 4 is 40.1 Å². The molecule has 1 saturated heterocycles. The average molecular weight is 358 g/mol. The lowest BCUT2D eigenvalue weighted by atomic mass is 10.1. The second-order valence-corrected chi connectivity index (χ2v) is 6.91. The van der Waals surface area contributed by atoms with E-state index in [1.807, 2.05) is 16.7 Å². The fraction of sp³-hybridized carbons (Fsp3) is 0.235. The van der Waals surface area contributed by atoms with Crippen LogP contribution in [0.15, 0.2) is 41.0 Å². The first-order chi connectivity index (χ1) is 12.2. The van der Waals surface area contributed by atoms with E-state index in [-0.39, 0.29) is 11.7 Å². The summed E-state index contributed by atoms with van der Waals surface area (Å²) in [4.78, 5) is 14.4. The van der Waals surface area contributed by atoms with Gasteiger partial charge in [0.2, 0.25) is 0 Å². The molecule has 1 aromatic heterocycles. The molecule has 1 N–H and O–H groups in total. The highest BCUT2D eigenvalue weighted by Crippen LogP contribution is 2.25. The number of anilines is 2. The minimum absolute atomic E-state index is 0.333. The van der Waals surface area contributed by atoms with Crippen molar-refractivity contribution in [3.05, 3.63) is 47.8 Å². The van der Waals surface area contributed by atoms with Crippen LogP contribution in [0.3, 0.4) is 0 Å². The molecule has 25 heavy (non-hydrogen) atoms. The molecule has 6 nitrogen and oxygen atoms in total. The summed E-state index contributed by atoms with van der Waals surface area (Å²) in [5.41, 5.74) is 2.47. The smallest absolute Gasteiger partial charge is 0.255 e. The number of thioether (sulfide) groups is 1. The van der Waals surface area contributed by atoms with E-state index in [0.29, 0.717) is 28.0 Å². The van der Waals surface area contributed by atoms with Gasteiger partial charge in [0.25, 0.3) is 5.91 Å². The van der Waals surface area contributed by atoms with E-state index in [1.165, 1.54) is 6.07 Å². The number of nitrogens with zero attached hydrogens (tertiary/aromatic N) is 3. The molecule has 0 saturated carbocycles. The van der Waals surface area contributed by atoms with Crippen LogP contribution in [0.25, 0.3) is 11.0 Å². The van der Waals surface area contributed by atoms with E-state index in [2.05, 4.69) is 20.3 Å². The normalized spacial score (nSPS) is 14.7. The summed E-state index contributed by atoms with van der Waals surface area (Å²) in [6, 6.07) is 9.64. The molecule has 128 valence electrons. The largest absolute Gasteiger partial charge is 0.368 e. The third-order valence-corrected chi connectivity index (χ3v) is 5.02. The quantitative estimate of drug-likeness (QED) is 0.775. The number of amides is 1. The number of rotatable bonds is 3. The third kappa shape index (κ3) is 3.30. The fourth-order valence-corrected chi connectivity index (χ4v) is 3.68. The predicted molar refractivity (Wildman–Crippen MR) is 95.7 cm³/mol. The van der Waals surface area contributed by atoms with Gasteiger partial charge in [-0.05, 0) is 46.7 Å². The van der Waals surface area contributed by atoms with Gasteiger partial charge in [0.05, 0.1) is 5.69 Å². The molecule has 2 heterocycles. The maximum atomic E-state index is 14.4. The Kier molecular flexibility index (Phi) is 4.27. The number of halogens is 1. The fourth-order valence-electron chi connectivity index (χ4n) is 2.77. The summed E-state index contributed by atoms with van der Waals surface area (Å²) in [6.45, 7) is 1.66. The highest BCUT2D eigenvalue weighted by Gasteiger charge is 2.16. The summed E-state index contributed by atoms with van der Waals surface area (Å²) in [7, 11) is 0. The SMILES string of the molecule is O=C(Nc1ccc(N2CCSCC2)c(F)c1)c1ccc2nonc2c1. The van der Waals surface area contributed by atoms with Crippen molar-refractivity contribution in [3.8, 4) is 0 Å². The summed E-state index contributed by atoms with van der Waals surface area (Å²) < 4.78 is 19.0. The summed E-state index contributed by atoms with van der Waals surface area (Å²) in [5, 5.41) is 10.1. The second-order valence-electron chi connectivity index (χ2n) is 5.69. The van der Waals surface area contributed by atoms with Crippen LogP contribution in [0.5, 0.6) is 0 Å². The van der Waals surface area contributed by atoms with Gasteiger partial charge in [-0.2, -0.15) is 11.8 Å². The van der Waals surface area contributed by atoms with Crippen LogP contribution in [-0.4, -0.2) is 40.8 Å². The predicted octanol–water partition coefficient (Wildman–Crippen LogP) is 3.17. The lowest BCUT2D eigenvalue weighted by Gasteiger charge is -2.28. The number of nitrogens with one attached hydrogen (secondary N) is 1. The summed E-state index contributed by atoms with van der Waals surface area (Å²) in [5.74, 6) is 1.32. The number of hydrogen-bond acceptors (Lipinski definition) is 6. The Morgan fingerprint density at radius 1 is 1.12 bits per heavy atom. The van der Waals surface area contributed by atoms with Gasteiger partial charge in [-0.15, -0.1) is 0 Å². The standard InChI is InChI=1S/C17H15FN4O2S/c18-13-10-12(2-4-16(13)22-5-7-25-8-6-22)19-17(23)11-1-3-14-15(9-11)21-24-20-14/h1-4,9-10H,5-8H2,(H,19,23). The average Bonchev–Trinajstić information content (AvgIpc) is 3.10. The van der Waals surface area contributed by atoms with Gasteiger partial charge in [-0.3, -0.25) is 4.79 Å². The lowest BCUT2D eigenvalue weighted by molar-refractivity contribution is 0.102. The van der Waals surface area contributed by atoms with Gasteiger partial charge in [0, 0.05) is 35.8 Å². The summed E-state index contributed by atoms with van der Waals surface area (Å²) >= 11 is 1.87. The molecular formula is C17H15FN4O2S. The van der Waals surface area contributed by atoms with E-state index in [1.54, 1.807) is 30.3 Å². The van der Waals surface area contributed by atoms with Gasteiger partial charge in [-0.25, -0.2) is 9.02 Å².